The molecule has 3 aromatic rings. The minimum absolute atomic E-state index is 0.0915. The Morgan fingerprint density at radius 2 is 1.73 bits per heavy atom. The maximum Gasteiger partial charge on any atom is 0.257 e. The molecule has 0 saturated heterocycles. The highest BCUT2D eigenvalue weighted by Crippen LogP contribution is 2.26. The van der Waals surface area contributed by atoms with Crippen LogP contribution in [0.1, 0.15) is 10.4 Å². The summed E-state index contributed by atoms with van der Waals surface area (Å²) >= 11 is 0. The van der Waals surface area contributed by atoms with Gasteiger partial charge in [-0.2, -0.15) is 0 Å². The van der Waals surface area contributed by atoms with Crippen LogP contribution in [-0.4, -0.2) is 18.1 Å². The summed E-state index contributed by atoms with van der Waals surface area (Å²) in [6.45, 7) is 0. The van der Waals surface area contributed by atoms with Crippen LogP contribution in [0.4, 0.5) is 21.5 Å². The molecule has 0 radical (unpaired) electrons. The van der Waals surface area contributed by atoms with Gasteiger partial charge in [0.25, 0.3) is 5.91 Å². The van der Waals surface area contributed by atoms with Gasteiger partial charge in [-0.15, -0.1) is 0 Å². The largest absolute Gasteiger partial charge is 0.505 e. The SMILES string of the molecule is COc1cccc(Nc2ccccc2C(=O)Nc2cccc(O)c2F)c1. The van der Waals surface area contributed by atoms with E-state index >= 15 is 0 Å². The molecule has 0 saturated carbocycles. The Balaban J connectivity index is 1.86. The number of ether oxygens (including phenoxy) is 1. The molecule has 26 heavy (non-hydrogen) atoms. The molecule has 0 unspecified atom stereocenters. The minimum Gasteiger partial charge on any atom is -0.505 e. The molecule has 0 heterocycles. The van der Waals surface area contributed by atoms with Crippen LogP contribution >= 0.6 is 0 Å². The van der Waals surface area contributed by atoms with Crippen molar-refractivity contribution in [2.45, 2.75) is 0 Å². The number of carbonyl (C=O) groups excluding carboxylic acids is 1. The highest BCUT2D eigenvalue weighted by atomic mass is 19.1. The lowest BCUT2D eigenvalue weighted by molar-refractivity contribution is 0.102. The molecule has 132 valence electrons. The van der Waals surface area contributed by atoms with Crippen molar-refractivity contribution in [2.24, 2.45) is 0 Å². The van der Waals surface area contributed by atoms with Crippen molar-refractivity contribution >= 4 is 23.0 Å². The number of amides is 1. The molecule has 0 bridgehead atoms. The number of phenols is 1. The van der Waals surface area contributed by atoms with E-state index < -0.39 is 17.5 Å². The Labute approximate surface area is 150 Å². The molecule has 0 atom stereocenters. The number of halogens is 1. The van der Waals surface area contributed by atoms with E-state index in [1.54, 1.807) is 37.4 Å². The number of methoxy groups -OCH3 is 1. The quantitative estimate of drug-likeness (QED) is 0.631. The van der Waals surface area contributed by atoms with Crippen LogP contribution in [0.2, 0.25) is 0 Å². The summed E-state index contributed by atoms with van der Waals surface area (Å²) in [4.78, 5) is 12.6. The first-order valence-electron chi connectivity index (χ1n) is 7.87. The molecule has 3 rings (SSSR count). The van der Waals surface area contributed by atoms with Gasteiger partial charge in [-0.3, -0.25) is 4.79 Å². The third-order valence-corrected chi connectivity index (χ3v) is 3.75. The molecule has 0 aliphatic rings. The normalized spacial score (nSPS) is 10.2. The summed E-state index contributed by atoms with van der Waals surface area (Å²) in [6, 6.07) is 18.2. The lowest BCUT2D eigenvalue weighted by atomic mass is 10.1. The zero-order chi connectivity index (χ0) is 18.5. The first-order valence-corrected chi connectivity index (χ1v) is 7.87. The monoisotopic (exact) mass is 352 g/mol. The summed E-state index contributed by atoms with van der Waals surface area (Å²) in [7, 11) is 1.57. The molecule has 1 amide bonds. The molecule has 6 heteroatoms. The Morgan fingerprint density at radius 3 is 2.54 bits per heavy atom. The maximum atomic E-state index is 13.9. The van der Waals surface area contributed by atoms with Gasteiger partial charge in [0, 0.05) is 11.8 Å². The van der Waals surface area contributed by atoms with Crippen molar-refractivity contribution in [1.29, 1.82) is 0 Å². The molecule has 5 nitrogen and oxygen atoms in total. The Hall–Kier alpha value is -3.54. The molecule has 0 aliphatic carbocycles. The van der Waals surface area contributed by atoms with Gasteiger partial charge in [-0.1, -0.05) is 24.3 Å². The second-order valence-electron chi connectivity index (χ2n) is 5.50. The number of para-hydroxylation sites is 1. The number of hydrogen-bond acceptors (Lipinski definition) is 4. The van der Waals surface area contributed by atoms with Gasteiger partial charge in [-0.05, 0) is 36.4 Å². The number of hydrogen-bond donors (Lipinski definition) is 3. The molecule has 3 aromatic carbocycles. The smallest absolute Gasteiger partial charge is 0.257 e. The van der Waals surface area contributed by atoms with Crippen molar-refractivity contribution in [3.05, 3.63) is 78.1 Å². The molecular weight excluding hydrogens is 335 g/mol. The van der Waals surface area contributed by atoms with Crippen molar-refractivity contribution < 1.29 is 19.0 Å². The van der Waals surface area contributed by atoms with E-state index in [1.165, 1.54) is 18.2 Å². The van der Waals surface area contributed by atoms with Gasteiger partial charge in [0.1, 0.15) is 5.75 Å². The summed E-state index contributed by atoms with van der Waals surface area (Å²) in [5.74, 6) is -1.22. The number of aromatic hydroxyl groups is 1. The first-order chi connectivity index (χ1) is 12.6. The number of rotatable bonds is 5. The fourth-order valence-corrected chi connectivity index (χ4v) is 2.45. The third-order valence-electron chi connectivity index (χ3n) is 3.75. The maximum absolute atomic E-state index is 13.9. The van der Waals surface area contributed by atoms with Gasteiger partial charge in [0.15, 0.2) is 11.6 Å². The summed E-state index contributed by atoms with van der Waals surface area (Å²) in [6.07, 6.45) is 0. The molecule has 0 spiro atoms. The van der Waals surface area contributed by atoms with Crippen LogP contribution in [0.3, 0.4) is 0 Å². The second kappa shape index (κ2) is 7.57. The standard InChI is InChI=1S/C20H17FN2O3/c1-26-14-7-4-6-13(12-14)22-16-9-3-2-8-15(16)20(25)23-17-10-5-11-18(24)19(17)21/h2-12,22,24H,1H3,(H,23,25). The van der Waals surface area contributed by atoms with E-state index in [1.807, 2.05) is 18.2 Å². The van der Waals surface area contributed by atoms with E-state index in [0.717, 1.165) is 5.69 Å². The van der Waals surface area contributed by atoms with E-state index in [0.29, 0.717) is 17.0 Å². The zero-order valence-electron chi connectivity index (χ0n) is 14.0. The Morgan fingerprint density at radius 1 is 1.00 bits per heavy atom. The van der Waals surface area contributed by atoms with Crippen molar-refractivity contribution in [2.75, 3.05) is 17.7 Å². The van der Waals surface area contributed by atoms with E-state index in [-0.39, 0.29) is 5.69 Å². The highest BCUT2D eigenvalue weighted by molar-refractivity contribution is 6.08. The summed E-state index contributed by atoms with van der Waals surface area (Å²) in [5, 5.41) is 15.1. The number of anilines is 3. The lowest BCUT2D eigenvalue weighted by Gasteiger charge is -2.13. The van der Waals surface area contributed by atoms with Crippen LogP contribution in [-0.2, 0) is 0 Å². The summed E-state index contributed by atoms with van der Waals surface area (Å²) in [5.41, 5.74) is 1.54. The van der Waals surface area contributed by atoms with Gasteiger partial charge < -0.3 is 20.5 Å². The van der Waals surface area contributed by atoms with Crippen molar-refractivity contribution in [1.82, 2.24) is 0 Å². The summed E-state index contributed by atoms with van der Waals surface area (Å²) < 4.78 is 19.1. The Bertz CT molecular complexity index is 944. The van der Waals surface area contributed by atoms with Gasteiger partial charge in [0.2, 0.25) is 0 Å². The lowest BCUT2D eigenvalue weighted by Crippen LogP contribution is -2.14. The Kier molecular flexibility index (Phi) is 5.03. The number of nitrogens with one attached hydrogen (secondary N) is 2. The van der Waals surface area contributed by atoms with Crippen LogP contribution < -0.4 is 15.4 Å². The molecular formula is C20H17FN2O3. The van der Waals surface area contributed by atoms with Crippen LogP contribution in [0.5, 0.6) is 11.5 Å². The second-order valence-corrected chi connectivity index (χ2v) is 5.50. The van der Waals surface area contributed by atoms with Crippen molar-refractivity contribution in [3.63, 3.8) is 0 Å². The predicted molar refractivity (Wildman–Crippen MR) is 98.7 cm³/mol. The van der Waals surface area contributed by atoms with Gasteiger partial charge in [-0.25, -0.2) is 4.39 Å². The number of carbonyl (C=O) groups is 1. The van der Waals surface area contributed by atoms with Gasteiger partial charge >= 0.3 is 0 Å². The third kappa shape index (κ3) is 3.75. The van der Waals surface area contributed by atoms with Crippen molar-refractivity contribution in [3.8, 4) is 11.5 Å². The topological polar surface area (TPSA) is 70.6 Å². The molecule has 0 aliphatic heterocycles. The predicted octanol–water partition coefficient (Wildman–Crippen LogP) is 4.54. The zero-order valence-corrected chi connectivity index (χ0v) is 14.0. The highest BCUT2D eigenvalue weighted by Gasteiger charge is 2.15. The molecule has 3 N–H and O–H groups in total. The van der Waals surface area contributed by atoms with Crippen LogP contribution in [0, 0.1) is 5.82 Å². The average molecular weight is 352 g/mol. The van der Waals surface area contributed by atoms with E-state index in [4.69, 9.17) is 4.74 Å². The number of phenolic OH excluding ortho intramolecular Hbond substituents is 1. The fourth-order valence-electron chi connectivity index (χ4n) is 2.45. The number of benzene rings is 3. The van der Waals surface area contributed by atoms with E-state index in [2.05, 4.69) is 10.6 Å². The van der Waals surface area contributed by atoms with Crippen LogP contribution in [0.15, 0.2) is 66.7 Å². The average Bonchev–Trinajstić information content (AvgIpc) is 2.66. The minimum atomic E-state index is -0.876. The molecule has 0 fully saturated rings. The van der Waals surface area contributed by atoms with Crippen LogP contribution in [0.25, 0.3) is 0 Å². The van der Waals surface area contributed by atoms with E-state index in [9.17, 15) is 14.3 Å². The first kappa shape index (κ1) is 17.3. The van der Waals surface area contributed by atoms with Gasteiger partial charge in [0.05, 0.1) is 24.0 Å². The molecule has 0 aromatic heterocycles. The fraction of sp³-hybridized carbons (Fsp3) is 0.0500.